The minimum Gasteiger partial charge on any atom is -0.490 e. The van der Waals surface area contributed by atoms with Crippen molar-refractivity contribution in [2.75, 3.05) is 24.6 Å². The molecule has 3 aliphatic rings. The third-order valence-electron chi connectivity index (χ3n) is 8.76. The van der Waals surface area contributed by atoms with Gasteiger partial charge in [0.2, 0.25) is 0 Å². The largest absolute Gasteiger partial charge is 0.490 e. The van der Waals surface area contributed by atoms with Crippen molar-refractivity contribution < 1.29 is 19.4 Å². The zero-order valence-corrected chi connectivity index (χ0v) is 24.3. The lowest BCUT2D eigenvalue weighted by Gasteiger charge is -2.45. The summed E-state index contributed by atoms with van der Waals surface area (Å²) in [5.41, 5.74) is 3.34. The maximum atomic E-state index is 13.0. The monoisotopic (exact) mass is 551 g/mol. The summed E-state index contributed by atoms with van der Waals surface area (Å²) in [6, 6.07) is 12.0. The first-order valence-electron chi connectivity index (χ1n) is 14.4. The maximum absolute atomic E-state index is 13.0. The second kappa shape index (κ2) is 11.2. The van der Waals surface area contributed by atoms with E-state index in [1.165, 1.54) is 11.1 Å². The molecule has 1 N–H and O–H groups in total. The Hall–Kier alpha value is -2.50. The number of nitrogens with zero attached hydrogens (tertiary/aromatic N) is 1. The van der Waals surface area contributed by atoms with Crippen LogP contribution in [0.4, 0.5) is 5.69 Å². The van der Waals surface area contributed by atoms with Crippen LogP contribution >= 0.6 is 11.6 Å². The number of carbonyl (C=O) groups is 1. The van der Waals surface area contributed by atoms with Crippen LogP contribution in [0.2, 0.25) is 5.02 Å². The van der Waals surface area contributed by atoms with E-state index in [9.17, 15) is 9.90 Å². The van der Waals surface area contributed by atoms with Gasteiger partial charge in [-0.2, -0.15) is 0 Å². The lowest BCUT2D eigenvalue weighted by Crippen LogP contribution is -2.49. The first-order chi connectivity index (χ1) is 18.6. The molecule has 1 spiro atoms. The molecule has 0 saturated heterocycles. The molecule has 5 rings (SSSR count). The fourth-order valence-electron chi connectivity index (χ4n) is 6.69. The normalized spacial score (nSPS) is 25.0. The maximum Gasteiger partial charge on any atom is 0.338 e. The van der Waals surface area contributed by atoms with Crippen molar-refractivity contribution in [3.63, 3.8) is 0 Å². The highest BCUT2D eigenvalue weighted by Crippen LogP contribution is 2.47. The lowest BCUT2D eigenvalue weighted by atomic mass is 9.68. The van der Waals surface area contributed by atoms with E-state index in [4.69, 9.17) is 21.1 Å². The van der Waals surface area contributed by atoms with Crippen LogP contribution in [0.5, 0.6) is 5.75 Å². The van der Waals surface area contributed by atoms with Gasteiger partial charge in [-0.3, -0.25) is 0 Å². The molecule has 1 aliphatic heterocycles. The molecule has 0 radical (unpaired) electrons. The second-order valence-corrected chi connectivity index (χ2v) is 13.2. The van der Waals surface area contributed by atoms with Gasteiger partial charge in [0.05, 0.1) is 24.0 Å². The Labute approximate surface area is 238 Å². The van der Waals surface area contributed by atoms with Crippen LogP contribution in [-0.4, -0.2) is 42.5 Å². The summed E-state index contributed by atoms with van der Waals surface area (Å²) in [6.45, 7) is 11.7. The van der Waals surface area contributed by atoms with Crippen molar-refractivity contribution in [1.82, 2.24) is 0 Å². The number of hydrogen-bond acceptors (Lipinski definition) is 5. The van der Waals surface area contributed by atoms with Gasteiger partial charge in [-0.15, -0.1) is 6.58 Å². The number of halogens is 1. The van der Waals surface area contributed by atoms with Crippen molar-refractivity contribution in [3.05, 3.63) is 70.8 Å². The lowest BCUT2D eigenvalue weighted by molar-refractivity contribution is 0.00694. The van der Waals surface area contributed by atoms with Crippen LogP contribution in [0.15, 0.2) is 49.1 Å². The molecule has 2 aromatic carbocycles. The summed E-state index contributed by atoms with van der Waals surface area (Å²) in [4.78, 5) is 15.5. The van der Waals surface area contributed by atoms with Crippen LogP contribution in [0.1, 0.15) is 80.8 Å². The van der Waals surface area contributed by atoms with Crippen LogP contribution in [-0.2, 0) is 16.6 Å². The Bertz CT molecular complexity index is 1220. The fourth-order valence-corrected chi connectivity index (χ4v) is 6.89. The van der Waals surface area contributed by atoms with E-state index in [-0.39, 0.29) is 23.4 Å². The molecule has 1 saturated carbocycles. The highest BCUT2D eigenvalue weighted by Gasteiger charge is 2.44. The number of hydrogen-bond donors (Lipinski definition) is 1. The number of anilines is 1. The number of carbonyl (C=O) groups excluding carboxylic acids is 1. The summed E-state index contributed by atoms with van der Waals surface area (Å²) in [5, 5.41) is 11.7. The molecule has 6 heteroatoms. The van der Waals surface area contributed by atoms with E-state index in [1.807, 2.05) is 51.1 Å². The smallest absolute Gasteiger partial charge is 0.338 e. The van der Waals surface area contributed by atoms with E-state index in [1.54, 1.807) is 0 Å². The van der Waals surface area contributed by atoms with E-state index >= 15 is 0 Å². The molecule has 0 bridgehead atoms. The van der Waals surface area contributed by atoms with Crippen molar-refractivity contribution in [2.24, 2.45) is 11.8 Å². The Morgan fingerprint density at radius 1 is 1.28 bits per heavy atom. The van der Waals surface area contributed by atoms with Gasteiger partial charge in [0.25, 0.3) is 0 Å². The van der Waals surface area contributed by atoms with Gasteiger partial charge >= 0.3 is 5.97 Å². The number of rotatable bonds is 7. The van der Waals surface area contributed by atoms with Crippen molar-refractivity contribution >= 4 is 23.3 Å². The topological polar surface area (TPSA) is 59.0 Å². The number of esters is 1. The number of fused-ring (bicyclic) bond motifs is 3. The van der Waals surface area contributed by atoms with Gasteiger partial charge in [0, 0.05) is 23.5 Å². The van der Waals surface area contributed by atoms with Crippen molar-refractivity contribution in [3.8, 4) is 5.75 Å². The molecule has 5 nitrogen and oxygen atoms in total. The van der Waals surface area contributed by atoms with Gasteiger partial charge in [0.1, 0.15) is 11.4 Å². The van der Waals surface area contributed by atoms with Gasteiger partial charge in [0.15, 0.2) is 0 Å². The average molecular weight is 552 g/mol. The summed E-state index contributed by atoms with van der Waals surface area (Å²) < 4.78 is 12.3. The summed E-state index contributed by atoms with van der Waals surface area (Å²) >= 11 is 6.39. The molecular weight excluding hydrogens is 510 g/mol. The average Bonchev–Trinajstić information content (AvgIpc) is 3.01. The second-order valence-electron chi connectivity index (χ2n) is 12.7. The third kappa shape index (κ3) is 6.00. The number of ether oxygens (including phenoxy) is 2. The summed E-state index contributed by atoms with van der Waals surface area (Å²) in [5.74, 6) is 1.12. The molecule has 2 aromatic rings. The van der Waals surface area contributed by atoms with E-state index < -0.39 is 5.60 Å². The molecule has 1 fully saturated rings. The summed E-state index contributed by atoms with van der Waals surface area (Å²) in [7, 11) is 0. The van der Waals surface area contributed by atoms with Crippen molar-refractivity contribution in [1.29, 1.82) is 0 Å². The van der Waals surface area contributed by atoms with E-state index in [0.29, 0.717) is 18.1 Å². The highest BCUT2D eigenvalue weighted by atomic mass is 35.5. The first kappa shape index (κ1) is 28.0. The van der Waals surface area contributed by atoms with Gasteiger partial charge in [-0.25, -0.2) is 4.79 Å². The van der Waals surface area contributed by atoms with E-state index in [0.717, 1.165) is 74.5 Å². The number of aliphatic hydroxyl groups is 1. The molecule has 0 aromatic heterocycles. The molecular formula is C33H42ClNO4. The molecule has 2 aliphatic carbocycles. The Kier molecular flexibility index (Phi) is 8.03. The molecule has 210 valence electrons. The van der Waals surface area contributed by atoms with Crippen LogP contribution in [0.3, 0.4) is 0 Å². The first-order valence-corrected chi connectivity index (χ1v) is 14.8. The molecule has 39 heavy (non-hydrogen) atoms. The Balaban J connectivity index is 1.50. The predicted octanol–water partition coefficient (Wildman–Crippen LogP) is 7.12. The third-order valence-corrected chi connectivity index (χ3v) is 9.00. The standard InChI is InChI=1S/C33H42ClNO4/c1-5-6-9-29(36)26-13-10-24(26)19-35-20-33(16-7-8-22-17-25(34)12-14-27(22)33)21-38-30-15-11-23(18-28(30)35)31(37)39-32(2,3)4/h5,11-12,14-15,17-18,24,26,29,36H,1,6-10,13,16,19-21H2,2-4H3/t24-,26+,29-,33?/m0/s1. The number of allylic oxidation sites excluding steroid dienone is 1. The molecule has 1 heterocycles. The van der Waals surface area contributed by atoms with Crippen LogP contribution in [0, 0.1) is 11.8 Å². The summed E-state index contributed by atoms with van der Waals surface area (Å²) in [6.07, 6.45) is 8.42. The molecule has 1 unspecified atom stereocenters. The van der Waals surface area contributed by atoms with Gasteiger partial charge in [-0.05, 0) is 119 Å². The van der Waals surface area contributed by atoms with Gasteiger partial charge in [-0.1, -0.05) is 23.7 Å². The number of benzene rings is 2. The number of aryl methyl sites for hydroxylation is 1. The SMILES string of the molecule is C=CCC[C@H](O)[C@@H]1CC[C@H]1CN1CC2(CCCc3cc(Cl)ccc32)COc2ccc(C(=O)OC(C)(C)C)cc21. The predicted molar refractivity (Wildman–Crippen MR) is 157 cm³/mol. The van der Waals surface area contributed by atoms with Crippen LogP contribution in [0.25, 0.3) is 0 Å². The van der Waals surface area contributed by atoms with E-state index in [2.05, 4.69) is 23.6 Å². The molecule has 0 amide bonds. The Morgan fingerprint density at radius 3 is 2.82 bits per heavy atom. The minimum atomic E-state index is -0.571. The Morgan fingerprint density at radius 2 is 2.10 bits per heavy atom. The molecule has 4 atom stereocenters. The number of aliphatic hydroxyl groups excluding tert-OH is 1. The van der Waals surface area contributed by atoms with Gasteiger partial charge < -0.3 is 19.5 Å². The zero-order chi connectivity index (χ0) is 27.8. The minimum absolute atomic E-state index is 0.177. The van der Waals surface area contributed by atoms with Crippen LogP contribution < -0.4 is 9.64 Å². The highest BCUT2D eigenvalue weighted by molar-refractivity contribution is 6.30. The quantitative estimate of drug-likeness (QED) is 0.293. The zero-order valence-electron chi connectivity index (χ0n) is 23.5. The van der Waals surface area contributed by atoms with Crippen molar-refractivity contribution in [2.45, 2.75) is 82.8 Å². The fraction of sp³-hybridized carbons (Fsp3) is 0.545.